The monoisotopic (exact) mass is 312 g/mol. The molecule has 0 aliphatic carbocycles. The SMILES string of the molecule is CC1(Oc2ccccc2N)CCN(CCOc2ccccc2)C1. The van der Waals surface area contributed by atoms with E-state index in [1.165, 1.54) is 0 Å². The van der Waals surface area contributed by atoms with E-state index in [0.29, 0.717) is 12.3 Å². The first-order valence-corrected chi connectivity index (χ1v) is 8.08. The quantitative estimate of drug-likeness (QED) is 0.832. The van der Waals surface area contributed by atoms with Gasteiger partial charge < -0.3 is 15.2 Å². The molecular formula is C19H24N2O2. The van der Waals surface area contributed by atoms with Gasteiger partial charge in [0.25, 0.3) is 0 Å². The first-order chi connectivity index (χ1) is 11.1. The van der Waals surface area contributed by atoms with Gasteiger partial charge in [0.05, 0.1) is 5.69 Å². The zero-order valence-corrected chi connectivity index (χ0v) is 13.6. The number of hydrogen-bond acceptors (Lipinski definition) is 4. The van der Waals surface area contributed by atoms with Crippen molar-refractivity contribution in [2.45, 2.75) is 18.9 Å². The van der Waals surface area contributed by atoms with Crippen LogP contribution in [-0.4, -0.2) is 36.7 Å². The van der Waals surface area contributed by atoms with E-state index in [1.807, 2.05) is 54.6 Å². The average molecular weight is 312 g/mol. The highest BCUT2D eigenvalue weighted by molar-refractivity contribution is 5.52. The number of rotatable bonds is 6. The summed E-state index contributed by atoms with van der Waals surface area (Å²) in [6.07, 6.45) is 0.993. The number of nitrogen functional groups attached to an aromatic ring is 1. The van der Waals surface area contributed by atoms with Crippen molar-refractivity contribution >= 4 is 5.69 Å². The number of para-hydroxylation sites is 3. The summed E-state index contributed by atoms with van der Waals surface area (Å²) in [5, 5.41) is 0. The molecule has 1 unspecified atom stereocenters. The van der Waals surface area contributed by atoms with Crippen LogP contribution >= 0.6 is 0 Å². The van der Waals surface area contributed by atoms with Crippen molar-refractivity contribution in [1.82, 2.24) is 4.90 Å². The second-order valence-electron chi connectivity index (χ2n) is 6.28. The van der Waals surface area contributed by atoms with Gasteiger partial charge in [0.15, 0.2) is 0 Å². The first-order valence-electron chi connectivity index (χ1n) is 8.08. The van der Waals surface area contributed by atoms with Crippen molar-refractivity contribution in [2.75, 3.05) is 32.0 Å². The lowest BCUT2D eigenvalue weighted by Crippen LogP contribution is -2.37. The molecule has 1 saturated heterocycles. The van der Waals surface area contributed by atoms with Gasteiger partial charge >= 0.3 is 0 Å². The summed E-state index contributed by atoms with van der Waals surface area (Å²) in [6, 6.07) is 17.6. The standard InChI is InChI=1S/C19H24N2O2/c1-19(23-18-10-6-5-9-17(18)20)11-12-21(15-19)13-14-22-16-7-3-2-4-8-16/h2-10H,11-15,20H2,1H3. The Labute approximate surface area is 137 Å². The lowest BCUT2D eigenvalue weighted by molar-refractivity contribution is 0.0943. The highest BCUT2D eigenvalue weighted by atomic mass is 16.5. The predicted molar refractivity (Wildman–Crippen MR) is 92.9 cm³/mol. The molecule has 0 amide bonds. The van der Waals surface area contributed by atoms with Crippen LogP contribution in [0.1, 0.15) is 13.3 Å². The van der Waals surface area contributed by atoms with Crippen molar-refractivity contribution in [1.29, 1.82) is 0 Å². The molecule has 0 bridgehead atoms. The van der Waals surface area contributed by atoms with Crippen molar-refractivity contribution in [3.8, 4) is 11.5 Å². The smallest absolute Gasteiger partial charge is 0.143 e. The Morgan fingerprint density at radius 1 is 1.09 bits per heavy atom. The number of nitrogens with two attached hydrogens (primary N) is 1. The molecule has 4 nitrogen and oxygen atoms in total. The minimum atomic E-state index is -0.192. The number of ether oxygens (including phenoxy) is 2. The molecule has 4 heteroatoms. The van der Waals surface area contributed by atoms with Gasteiger partial charge in [0.1, 0.15) is 23.7 Å². The van der Waals surface area contributed by atoms with Crippen molar-refractivity contribution in [3.05, 3.63) is 54.6 Å². The summed E-state index contributed by atoms with van der Waals surface area (Å²) < 4.78 is 12.0. The summed E-state index contributed by atoms with van der Waals surface area (Å²) in [6.45, 7) is 5.64. The molecule has 0 aromatic heterocycles. The summed E-state index contributed by atoms with van der Waals surface area (Å²) in [5.74, 6) is 1.69. The predicted octanol–water partition coefficient (Wildman–Crippen LogP) is 3.19. The van der Waals surface area contributed by atoms with Gasteiger partial charge in [-0.05, 0) is 31.2 Å². The van der Waals surface area contributed by atoms with E-state index in [9.17, 15) is 0 Å². The molecule has 0 saturated carbocycles. The van der Waals surface area contributed by atoms with E-state index >= 15 is 0 Å². The topological polar surface area (TPSA) is 47.7 Å². The van der Waals surface area contributed by atoms with Gasteiger partial charge in [-0.25, -0.2) is 0 Å². The second kappa shape index (κ2) is 6.92. The Bertz CT molecular complexity index is 632. The van der Waals surface area contributed by atoms with Crippen molar-refractivity contribution in [2.24, 2.45) is 0 Å². The van der Waals surface area contributed by atoms with Crippen LogP contribution in [0.15, 0.2) is 54.6 Å². The molecule has 2 aromatic carbocycles. The summed E-state index contributed by atoms with van der Waals surface area (Å²) in [5.41, 5.74) is 6.48. The third kappa shape index (κ3) is 4.17. The van der Waals surface area contributed by atoms with Crippen LogP contribution in [0.4, 0.5) is 5.69 Å². The largest absolute Gasteiger partial charge is 0.492 e. The van der Waals surface area contributed by atoms with E-state index in [0.717, 1.165) is 37.6 Å². The van der Waals surface area contributed by atoms with E-state index < -0.39 is 0 Å². The Kier molecular flexibility index (Phi) is 4.72. The third-order valence-corrected chi connectivity index (χ3v) is 4.21. The van der Waals surface area contributed by atoms with Crippen LogP contribution in [0, 0.1) is 0 Å². The number of hydrogen-bond donors (Lipinski definition) is 1. The maximum absolute atomic E-state index is 6.18. The molecule has 2 aromatic rings. The van der Waals surface area contributed by atoms with Crippen LogP contribution in [0.25, 0.3) is 0 Å². The highest BCUT2D eigenvalue weighted by Gasteiger charge is 2.35. The molecular weight excluding hydrogens is 288 g/mol. The van der Waals surface area contributed by atoms with Gasteiger partial charge in [0, 0.05) is 26.1 Å². The fraction of sp³-hybridized carbons (Fsp3) is 0.368. The lowest BCUT2D eigenvalue weighted by atomic mass is 10.1. The van der Waals surface area contributed by atoms with Crippen molar-refractivity contribution in [3.63, 3.8) is 0 Å². The highest BCUT2D eigenvalue weighted by Crippen LogP contribution is 2.30. The molecule has 1 heterocycles. The Hall–Kier alpha value is -2.20. The number of nitrogens with zero attached hydrogens (tertiary/aromatic N) is 1. The van der Waals surface area contributed by atoms with Crippen LogP contribution in [0.5, 0.6) is 11.5 Å². The van der Waals surface area contributed by atoms with E-state index in [-0.39, 0.29) is 5.60 Å². The lowest BCUT2D eigenvalue weighted by Gasteiger charge is -2.27. The maximum atomic E-state index is 6.18. The molecule has 122 valence electrons. The zero-order valence-electron chi connectivity index (χ0n) is 13.6. The Morgan fingerprint density at radius 3 is 2.61 bits per heavy atom. The number of anilines is 1. The van der Waals surface area contributed by atoms with Crippen LogP contribution in [0.2, 0.25) is 0 Å². The Balaban J connectivity index is 1.48. The third-order valence-electron chi connectivity index (χ3n) is 4.21. The van der Waals surface area contributed by atoms with Gasteiger partial charge in [-0.3, -0.25) is 4.90 Å². The van der Waals surface area contributed by atoms with Gasteiger partial charge in [0.2, 0.25) is 0 Å². The molecule has 1 atom stereocenters. The molecule has 0 spiro atoms. The van der Waals surface area contributed by atoms with Crippen LogP contribution in [-0.2, 0) is 0 Å². The summed E-state index contributed by atoms with van der Waals surface area (Å²) >= 11 is 0. The minimum absolute atomic E-state index is 0.192. The zero-order chi connectivity index (χ0) is 16.1. The molecule has 2 N–H and O–H groups in total. The number of benzene rings is 2. The van der Waals surface area contributed by atoms with Gasteiger partial charge in [-0.1, -0.05) is 30.3 Å². The van der Waals surface area contributed by atoms with E-state index in [4.69, 9.17) is 15.2 Å². The maximum Gasteiger partial charge on any atom is 0.143 e. The Morgan fingerprint density at radius 2 is 1.83 bits per heavy atom. The second-order valence-corrected chi connectivity index (χ2v) is 6.28. The molecule has 0 radical (unpaired) electrons. The normalized spacial score (nSPS) is 21.3. The van der Waals surface area contributed by atoms with Crippen LogP contribution in [0.3, 0.4) is 0 Å². The fourth-order valence-electron chi connectivity index (χ4n) is 2.95. The molecule has 1 aliphatic heterocycles. The molecule has 23 heavy (non-hydrogen) atoms. The van der Waals surface area contributed by atoms with Crippen LogP contribution < -0.4 is 15.2 Å². The fourth-order valence-corrected chi connectivity index (χ4v) is 2.95. The first kappa shape index (κ1) is 15.7. The average Bonchev–Trinajstić information content (AvgIpc) is 2.92. The summed E-state index contributed by atoms with van der Waals surface area (Å²) in [4.78, 5) is 2.38. The molecule has 3 rings (SSSR count). The van der Waals surface area contributed by atoms with E-state index in [2.05, 4.69) is 11.8 Å². The molecule has 1 fully saturated rings. The van der Waals surface area contributed by atoms with Crippen molar-refractivity contribution < 1.29 is 9.47 Å². The van der Waals surface area contributed by atoms with E-state index in [1.54, 1.807) is 0 Å². The van der Waals surface area contributed by atoms with Gasteiger partial charge in [-0.2, -0.15) is 0 Å². The molecule has 1 aliphatic rings. The summed E-state index contributed by atoms with van der Waals surface area (Å²) in [7, 11) is 0. The number of likely N-dealkylation sites (tertiary alicyclic amines) is 1. The minimum Gasteiger partial charge on any atom is -0.492 e. The van der Waals surface area contributed by atoms with Gasteiger partial charge in [-0.15, -0.1) is 0 Å².